The molecule has 3 aromatic rings. The molecule has 0 bridgehead atoms. The predicted octanol–water partition coefficient (Wildman–Crippen LogP) is 4.05. The smallest absolute Gasteiger partial charge is 0.254 e. The number of halogens is 2. The summed E-state index contributed by atoms with van der Waals surface area (Å²) < 4.78 is 34.9. The lowest BCUT2D eigenvalue weighted by molar-refractivity contribution is 0.0991. The number of aromatic nitrogens is 2. The molecule has 142 valence electrons. The van der Waals surface area contributed by atoms with Gasteiger partial charge in [0, 0.05) is 6.54 Å². The van der Waals surface area contributed by atoms with Crippen LogP contribution in [-0.4, -0.2) is 22.1 Å². The first-order valence-corrected chi connectivity index (χ1v) is 8.88. The topological polar surface area (TPSA) is 70.1 Å². The van der Waals surface area contributed by atoms with Crippen LogP contribution in [0.3, 0.4) is 0 Å². The first kappa shape index (κ1) is 18.8. The zero-order chi connectivity index (χ0) is 19.2. The Bertz CT molecular complexity index is 940. The normalized spacial score (nSPS) is 11.0. The van der Waals surface area contributed by atoms with E-state index in [1.54, 1.807) is 0 Å². The number of para-hydroxylation sites is 2. The average molecular weight is 373 g/mol. The molecular formula is C20H21F2N3O2. The van der Waals surface area contributed by atoms with E-state index in [-0.39, 0.29) is 12.4 Å². The molecule has 27 heavy (non-hydrogen) atoms. The minimum atomic E-state index is -1.15. The summed E-state index contributed by atoms with van der Waals surface area (Å²) in [5.41, 5.74) is 6.34. The molecule has 2 aromatic carbocycles. The number of fused-ring (bicyclic) bond motifs is 1. The van der Waals surface area contributed by atoms with Crippen molar-refractivity contribution in [3.63, 3.8) is 0 Å². The Morgan fingerprint density at radius 1 is 1.07 bits per heavy atom. The third-order valence-electron chi connectivity index (χ3n) is 4.38. The fourth-order valence-corrected chi connectivity index (χ4v) is 2.98. The predicted molar refractivity (Wildman–Crippen MR) is 98.6 cm³/mol. The maximum absolute atomic E-state index is 14.0. The lowest BCUT2D eigenvalue weighted by Crippen LogP contribution is -2.16. The number of primary amides is 1. The summed E-state index contributed by atoms with van der Waals surface area (Å²) in [5.74, 6) is -3.34. The van der Waals surface area contributed by atoms with Crippen molar-refractivity contribution in [2.45, 2.75) is 32.2 Å². The molecule has 0 unspecified atom stereocenters. The van der Waals surface area contributed by atoms with Crippen LogP contribution in [0, 0.1) is 11.6 Å². The van der Waals surface area contributed by atoms with E-state index in [0.717, 1.165) is 49.3 Å². The van der Waals surface area contributed by atoms with Gasteiger partial charge in [-0.05, 0) is 37.1 Å². The minimum absolute atomic E-state index is 0.157. The molecule has 5 nitrogen and oxygen atoms in total. The largest absolute Gasteiger partial charge is 0.490 e. The summed E-state index contributed by atoms with van der Waals surface area (Å²) >= 11 is 0. The number of carbonyl (C=O) groups is 1. The molecule has 0 atom stereocenters. The molecule has 0 radical (unpaired) electrons. The van der Waals surface area contributed by atoms with Crippen LogP contribution in [-0.2, 0) is 6.54 Å². The number of hydrogen-bond acceptors (Lipinski definition) is 3. The zero-order valence-corrected chi connectivity index (χ0v) is 14.8. The van der Waals surface area contributed by atoms with E-state index in [2.05, 4.69) is 9.55 Å². The highest BCUT2D eigenvalue weighted by Gasteiger charge is 2.19. The third-order valence-corrected chi connectivity index (χ3v) is 4.38. The lowest BCUT2D eigenvalue weighted by atomic mass is 10.1. The van der Waals surface area contributed by atoms with Crippen molar-refractivity contribution >= 4 is 16.9 Å². The summed E-state index contributed by atoms with van der Waals surface area (Å²) in [4.78, 5) is 15.5. The van der Waals surface area contributed by atoms with Crippen LogP contribution >= 0.6 is 0 Å². The quantitative estimate of drug-likeness (QED) is 0.575. The molecule has 1 aromatic heterocycles. The second-order valence-corrected chi connectivity index (χ2v) is 6.29. The highest BCUT2D eigenvalue weighted by atomic mass is 19.1. The van der Waals surface area contributed by atoms with E-state index < -0.39 is 23.1 Å². The maximum Gasteiger partial charge on any atom is 0.254 e. The number of unbranched alkanes of at least 4 members (excludes halogenated alkanes) is 3. The molecule has 0 aliphatic carbocycles. The van der Waals surface area contributed by atoms with Crippen molar-refractivity contribution in [3.05, 3.63) is 59.9 Å². The average Bonchev–Trinajstić information content (AvgIpc) is 3.05. The number of nitrogens with zero attached hydrogens (tertiary/aromatic N) is 2. The van der Waals surface area contributed by atoms with Gasteiger partial charge in [0.2, 0.25) is 0 Å². The van der Waals surface area contributed by atoms with E-state index >= 15 is 0 Å². The van der Waals surface area contributed by atoms with Gasteiger partial charge >= 0.3 is 0 Å². The minimum Gasteiger partial charge on any atom is -0.490 e. The monoisotopic (exact) mass is 373 g/mol. The number of amides is 1. The Hall–Kier alpha value is -2.96. The Morgan fingerprint density at radius 2 is 1.85 bits per heavy atom. The highest BCUT2D eigenvalue weighted by molar-refractivity contribution is 5.93. The fraction of sp³-hybridized carbons (Fsp3) is 0.300. The standard InChI is InChI=1S/C20H21F2N3O2/c21-14-9-10-17(19(22)18(14)20(23)26)27-12-6-2-1-5-11-25-13-24-15-7-3-4-8-16(15)25/h3-4,7-10,13H,1-2,5-6,11-12H2,(H2,23,26). The summed E-state index contributed by atoms with van der Waals surface area (Å²) in [5, 5.41) is 0. The molecule has 1 heterocycles. The first-order chi connectivity index (χ1) is 13.1. The van der Waals surface area contributed by atoms with Gasteiger partial charge in [0.1, 0.15) is 11.4 Å². The van der Waals surface area contributed by atoms with Gasteiger partial charge in [-0.25, -0.2) is 13.8 Å². The van der Waals surface area contributed by atoms with Gasteiger partial charge < -0.3 is 15.0 Å². The Morgan fingerprint density at radius 3 is 2.67 bits per heavy atom. The number of nitrogens with two attached hydrogens (primary N) is 1. The van der Waals surface area contributed by atoms with Crippen LogP contribution in [0.25, 0.3) is 11.0 Å². The summed E-state index contributed by atoms with van der Waals surface area (Å²) in [6, 6.07) is 10.1. The molecule has 2 N–H and O–H groups in total. The van der Waals surface area contributed by atoms with Gasteiger partial charge in [-0.3, -0.25) is 4.79 Å². The van der Waals surface area contributed by atoms with Crippen molar-refractivity contribution in [2.75, 3.05) is 6.61 Å². The third kappa shape index (κ3) is 4.42. The molecule has 1 amide bonds. The SMILES string of the molecule is NC(=O)c1c(F)ccc(OCCCCCCn2cnc3ccccc32)c1F. The zero-order valence-electron chi connectivity index (χ0n) is 14.8. The van der Waals surface area contributed by atoms with Crippen LogP contribution < -0.4 is 10.5 Å². The molecule has 0 aliphatic rings. The van der Waals surface area contributed by atoms with Gasteiger partial charge in [-0.15, -0.1) is 0 Å². The number of aryl methyl sites for hydroxylation is 1. The van der Waals surface area contributed by atoms with E-state index in [1.807, 2.05) is 30.6 Å². The number of rotatable bonds is 9. The summed E-state index contributed by atoms with van der Waals surface area (Å²) in [6.45, 7) is 1.17. The molecule has 0 spiro atoms. The molecule has 0 saturated carbocycles. The van der Waals surface area contributed by atoms with Crippen molar-refractivity contribution in [1.29, 1.82) is 0 Å². The Kier molecular flexibility index (Phi) is 6.01. The van der Waals surface area contributed by atoms with E-state index in [0.29, 0.717) is 0 Å². The van der Waals surface area contributed by atoms with Crippen molar-refractivity contribution in [1.82, 2.24) is 9.55 Å². The van der Waals surface area contributed by atoms with Crippen LogP contribution in [0.5, 0.6) is 5.75 Å². The van der Waals surface area contributed by atoms with E-state index in [4.69, 9.17) is 10.5 Å². The first-order valence-electron chi connectivity index (χ1n) is 8.88. The van der Waals surface area contributed by atoms with Gasteiger partial charge in [0.05, 0.1) is 24.0 Å². The number of hydrogen-bond donors (Lipinski definition) is 1. The lowest BCUT2D eigenvalue weighted by Gasteiger charge is -2.10. The molecular weight excluding hydrogens is 352 g/mol. The van der Waals surface area contributed by atoms with E-state index in [9.17, 15) is 13.6 Å². The molecule has 0 fully saturated rings. The van der Waals surface area contributed by atoms with E-state index in [1.165, 1.54) is 6.07 Å². The molecule has 0 saturated heterocycles. The molecule has 0 aliphatic heterocycles. The molecule has 7 heteroatoms. The van der Waals surface area contributed by atoms with Crippen LogP contribution in [0.15, 0.2) is 42.7 Å². The highest BCUT2D eigenvalue weighted by Crippen LogP contribution is 2.23. The van der Waals surface area contributed by atoms with Crippen molar-refractivity contribution < 1.29 is 18.3 Å². The number of carbonyl (C=O) groups excluding carboxylic acids is 1. The van der Waals surface area contributed by atoms with Crippen molar-refractivity contribution in [3.8, 4) is 5.75 Å². The Balaban J connectivity index is 1.40. The van der Waals surface area contributed by atoms with Crippen LogP contribution in [0.4, 0.5) is 8.78 Å². The van der Waals surface area contributed by atoms with Gasteiger partial charge in [-0.1, -0.05) is 25.0 Å². The second kappa shape index (κ2) is 8.62. The Labute approximate surface area is 155 Å². The van der Waals surface area contributed by atoms with Crippen molar-refractivity contribution in [2.24, 2.45) is 5.73 Å². The molecule has 3 rings (SSSR count). The van der Waals surface area contributed by atoms with Crippen LogP contribution in [0.2, 0.25) is 0 Å². The maximum atomic E-state index is 14.0. The number of imidazole rings is 1. The van der Waals surface area contributed by atoms with Crippen LogP contribution in [0.1, 0.15) is 36.0 Å². The van der Waals surface area contributed by atoms with Gasteiger partial charge in [0.25, 0.3) is 5.91 Å². The fourth-order valence-electron chi connectivity index (χ4n) is 2.98. The van der Waals surface area contributed by atoms with Gasteiger partial charge in [0.15, 0.2) is 11.6 Å². The second-order valence-electron chi connectivity index (χ2n) is 6.29. The summed E-state index contributed by atoms with van der Waals surface area (Å²) in [7, 11) is 0. The summed E-state index contributed by atoms with van der Waals surface area (Å²) in [6.07, 6.45) is 5.48. The van der Waals surface area contributed by atoms with Gasteiger partial charge in [-0.2, -0.15) is 0 Å². The number of benzene rings is 2. The number of ether oxygens (including phenoxy) is 1.